The van der Waals surface area contributed by atoms with E-state index in [9.17, 15) is 18.0 Å². The molecule has 2 amide bonds. The zero-order chi connectivity index (χ0) is 24.6. The lowest BCUT2D eigenvalue weighted by molar-refractivity contribution is -0.0440. The van der Waals surface area contributed by atoms with E-state index in [4.69, 9.17) is 4.74 Å². The van der Waals surface area contributed by atoms with E-state index >= 15 is 0 Å². The molecule has 4 rings (SSSR count). The van der Waals surface area contributed by atoms with E-state index in [0.717, 1.165) is 30.0 Å². The van der Waals surface area contributed by atoms with E-state index in [1.165, 1.54) is 39.9 Å². The molecule has 2 N–H and O–H groups in total. The van der Waals surface area contributed by atoms with Gasteiger partial charge >= 0.3 is 0 Å². The summed E-state index contributed by atoms with van der Waals surface area (Å²) in [5.41, 5.74) is 1.81. The molecule has 2 unspecified atom stereocenters. The third-order valence-corrected chi connectivity index (χ3v) is 9.05. The fraction of sp³-hybridized carbons (Fsp3) is 0.478. The first-order valence-corrected chi connectivity index (χ1v) is 13.5. The number of likely N-dealkylation sites (N-methyl/N-ethyl adjacent to an activating group) is 1. The van der Waals surface area contributed by atoms with Gasteiger partial charge in [-0.1, -0.05) is 0 Å². The van der Waals surface area contributed by atoms with Crippen LogP contribution in [0.4, 0.5) is 5.00 Å². The maximum atomic E-state index is 13.1. The van der Waals surface area contributed by atoms with Gasteiger partial charge in [-0.3, -0.25) is 9.59 Å². The van der Waals surface area contributed by atoms with Gasteiger partial charge in [-0.15, -0.1) is 11.3 Å². The van der Waals surface area contributed by atoms with Crippen molar-refractivity contribution in [2.75, 3.05) is 39.0 Å². The number of hydrogen-bond acceptors (Lipinski definition) is 7. The fourth-order valence-electron chi connectivity index (χ4n) is 4.41. The molecule has 9 nitrogen and oxygen atoms in total. The van der Waals surface area contributed by atoms with E-state index in [2.05, 4.69) is 15.5 Å². The Kier molecular flexibility index (Phi) is 7.11. The molecule has 34 heavy (non-hydrogen) atoms. The quantitative estimate of drug-likeness (QED) is 0.643. The maximum absolute atomic E-state index is 13.1. The second kappa shape index (κ2) is 9.74. The summed E-state index contributed by atoms with van der Waals surface area (Å²) < 4.78 is 33.2. The fourth-order valence-corrected chi connectivity index (χ4v) is 7.32. The number of anilines is 1. The molecule has 2 aliphatic heterocycles. The van der Waals surface area contributed by atoms with Gasteiger partial charge in [0.15, 0.2) is 0 Å². The molecule has 3 heterocycles. The highest BCUT2D eigenvalue weighted by Crippen LogP contribution is 2.37. The summed E-state index contributed by atoms with van der Waals surface area (Å²) in [5.74, 6) is -0.623. The molecule has 2 aliphatic rings. The number of rotatable bonds is 5. The molecular formula is C23H30N4O5S2. The Balaban J connectivity index is 1.54. The standard InChI is InChI=1S/C23H30N4O5S2/c1-14-11-27(12-15(2)32-14)34(30,31)17-7-5-16(6-8-17)21(28)25-23-20(22(29)24-3)18-9-10-26(4)13-19(18)33-23/h5-8,14-15H,9-13H2,1-4H3,(H,24,29)(H,25,28). The van der Waals surface area contributed by atoms with Crippen LogP contribution in [0.3, 0.4) is 0 Å². The summed E-state index contributed by atoms with van der Waals surface area (Å²) in [7, 11) is -0.0982. The molecule has 0 radical (unpaired) electrons. The van der Waals surface area contributed by atoms with Gasteiger partial charge in [0.1, 0.15) is 5.00 Å². The van der Waals surface area contributed by atoms with Crippen molar-refractivity contribution >= 4 is 38.2 Å². The number of nitrogens with one attached hydrogen (secondary N) is 2. The minimum atomic E-state index is -3.69. The third-order valence-electron chi connectivity index (χ3n) is 6.07. The van der Waals surface area contributed by atoms with Gasteiger partial charge in [0.05, 0.1) is 22.7 Å². The smallest absolute Gasteiger partial charge is 0.256 e. The van der Waals surface area contributed by atoms with Gasteiger partial charge in [-0.05, 0) is 57.1 Å². The summed E-state index contributed by atoms with van der Waals surface area (Å²) in [6.45, 7) is 5.84. The predicted molar refractivity (Wildman–Crippen MR) is 131 cm³/mol. The summed E-state index contributed by atoms with van der Waals surface area (Å²) in [5, 5.41) is 6.05. The minimum Gasteiger partial charge on any atom is -0.373 e. The molecule has 0 aliphatic carbocycles. The van der Waals surface area contributed by atoms with E-state index in [1.54, 1.807) is 7.05 Å². The van der Waals surface area contributed by atoms with Crippen molar-refractivity contribution in [2.45, 2.75) is 43.9 Å². The highest BCUT2D eigenvalue weighted by molar-refractivity contribution is 7.89. The number of thiophene rings is 1. The lowest BCUT2D eigenvalue weighted by Gasteiger charge is -2.34. The lowest BCUT2D eigenvalue weighted by Crippen LogP contribution is -2.48. The topological polar surface area (TPSA) is 108 Å². The van der Waals surface area contributed by atoms with Crippen LogP contribution in [-0.2, 0) is 27.7 Å². The Morgan fingerprint density at radius 3 is 2.35 bits per heavy atom. The van der Waals surface area contributed by atoms with Crippen LogP contribution >= 0.6 is 11.3 Å². The normalized spacial score (nSPS) is 21.6. The number of carbonyl (C=O) groups is 2. The zero-order valence-electron chi connectivity index (χ0n) is 19.8. The lowest BCUT2D eigenvalue weighted by atomic mass is 10.0. The number of fused-ring (bicyclic) bond motifs is 1. The molecule has 2 aromatic rings. The summed E-state index contributed by atoms with van der Waals surface area (Å²) in [6.07, 6.45) is 0.371. The number of sulfonamides is 1. The molecule has 11 heteroatoms. The maximum Gasteiger partial charge on any atom is 0.256 e. The average molecular weight is 507 g/mol. The molecule has 0 spiro atoms. The van der Waals surface area contributed by atoms with Crippen LogP contribution in [0, 0.1) is 0 Å². The first-order valence-electron chi connectivity index (χ1n) is 11.2. The second-order valence-corrected chi connectivity index (χ2v) is 11.9. The van der Waals surface area contributed by atoms with Crippen molar-refractivity contribution in [1.82, 2.24) is 14.5 Å². The van der Waals surface area contributed by atoms with Gasteiger partial charge < -0.3 is 20.3 Å². The van der Waals surface area contributed by atoms with Crippen molar-refractivity contribution in [1.29, 1.82) is 0 Å². The first-order chi connectivity index (χ1) is 16.1. The van der Waals surface area contributed by atoms with Crippen LogP contribution in [0.15, 0.2) is 29.2 Å². The summed E-state index contributed by atoms with van der Waals surface area (Å²) in [4.78, 5) is 28.9. The Labute approximate surface area is 204 Å². The number of amides is 2. The number of hydrogen-bond donors (Lipinski definition) is 2. The highest BCUT2D eigenvalue weighted by atomic mass is 32.2. The Bertz CT molecular complexity index is 1180. The van der Waals surface area contributed by atoms with Gasteiger partial charge in [0.2, 0.25) is 10.0 Å². The van der Waals surface area contributed by atoms with E-state index in [0.29, 0.717) is 16.1 Å². The largest absolute Gasteiger partial charge is 0.373 e. The number of nitrogens with zero attached hydrogens (tertiary/aromatic N) is 2. The molecule has 0 bridgehead atoms. The molecule has 1 fully saturated rings. The predicted octanol–water partition coefficient (Wildman–Crippen LogP) is 2.15. The van der Waals surface area contributed by atoms with Crippen LogP contribution in [-0.4, -0.2) is 75.4 Å². The van der Waals surface area contributed by atoms with Crippen LogP contribution in [0.2, 0.25) is 0 Å². The molecule has 1 aromatic heterocycles. The molecule has 2 atom stereocenters. The number of benzene rings is 1. The van der Waals surface area contributed by atoms with Crippen LogP contribution in [0.1, 0.15) is 45.0 Å². The van der Waals surface area contributed by atoms with Gasteiger partial charge in [-0.25, -0.2) is 8.42 Å². The first kappa shape index (κ1) is 24.8. The van der Waals surface area contributed by atoms with Crippen LogP contribution < -0.4 is 10.6 Å². The van der Waals surface area contributed by atoms with E-state index in [-0.39, 0.29) is 36.1 Å². The molecular weight excluding hydrogens is 476 g/mol. The Hall–Kier alpha value is -2.31. The average Bonchev–Trinajstić information content (AvgIpc) is 3.14. The van der Waals surface area contributed by atoms with Crippen LogP contribution in [0.5, 0.6) is 0 Å². The molecule has 1 aromatic carbocycles. The van der Waals surface area contributed by atoms with Crippen molar-refractivity contribution in [3.05, 3.63) is 45.8 Å². The van der Waals surface area contributed by atoms with Crippen LogP contribution in [0.25, 0.3) is 0 Å². The number of morpholine rings is 1. The monoisotopic (exact) mass is 506 g/mol. The van der Waals surface area contributed by atoms with Gasteiger partial charge in [0, 0.05) is 43.7 Å². The minimum absolute atomic E-state index is 0.131. The van der Waals surface area contributed by atoms with Crippen molar-refractivity contribution < 1.29 is 22.7 Å². The Morgan fingerprint density at radius 1 is 1.09 bits per heavy atom. The highest BCUT2D eigenvalue weighted by Gasteiger charge is 2.32. The van der Waals surface area contributed by atoms with Gasteiger partial charge in [0.25, 0.3) is 11.8 Å². The van der Waals surface area contributed by atoms with E-state index < -0.39 is 15.9 Å². The van der Waals surface area contributed by atoms with Crippen molar-refractivity contribution in [3.8, 4) is 0 Å². The number of ether oxygens (including phenoxy) is 1. The second-order valence-electron chi connectivity index (χ2n) is 8.83. The summed E-state index contributed by atoms with van der Waals surface area (Å²) >= 11 is 1.41. The SMILES string of the molecule is CNC(=O)c1c(NC(=O)c2ccc(S(=O)(=O)N3CC(C)OC(C)C3)cc2)sc2c1CCN(C)C2. The third kappa shape index (κ3) is 4.89. The van der Waals surface area contributed by atoms with Gasteiger partial charge in [-0.2, -0.15) is 4.31 Å². The summed E-state index contributed by atoms with van der Waals surface area (Å²) in [6, 6.07) is 5.89. The molecule has 0 saturated carbocycles. The Morgan fingerprint density at radius 2 is 1.74 bits per heavy atom. The zero-order valence-corrected chi connectivity index (χ0v) is 21.4. The van der Waals surface area contributed by atoms with Crippen molar-refractivity contribution in [3.63, 3.8) is 0 Å². The van der Waals surface area contributed by atoms with Crippen molar-refractivity contribution in [2.24, 2.45) is 0 Å². The number of carbonyl (C=O) groups excluding carboxylic acids is 2. The molecule has 184 valence electrons. The van der Waals surface area contributed by atoms with E-state index in [1.807, 2.05) is 20.9 Å². The molecule has 1 saturated heterocycles.